The maximum Gasteiger partial charge on any atom is 0.409 e. The number of rotatable bonds is 1. The van der Waals surface area contributed by atoms with Gasteiger partial charge in [0, 0.05) is 12.6 Å². The van der Waals surface area contributed by atoms with Crippen LogP contribution in [0, 0.1) is 5.92 Å². The molecule has 70 valence electrons. The van der Waals surface area contributed by atoms with Crippen LogP contribution >= 0.6 is 0 Å². The van der Waals surface area contributed by atoms with Crippen LogP contribution in [0.3, 0.4) is 0 Å². The van der Waals surface area contributed by atoms with Crippen molar-refractivity contribution in [3.05, 3.63) is 0 Å². The molecule has 2 atom stereocenters. The minimum absolute atomic E-state index is 0.158. The number of amides is 1. The van der Waals surface area contributed by atoms with E-state index < -0.39 is 0 Å². The standard InChI is InChI=1S/C9H17NO2/c1-4-12-9(11)10-6-7(2)5-8(10)3/h7-8H,4-6H2,1-3H3. The molecule has 3 heteroatoms. The number of ether oxygens (including phenoxy) is 1. The lowest BCUT2D eigenvalue weighted by Gasteiger charge is -2.19. The van der Waals surface area contributed by atoms with E-state index in [-0.39, 0.29) is 6.09 Å². The van der Waals surface area contributed by atoms with Crippen LogP contribution in [0.4, 0.5) is 4.79 Å². The van der Waals surface area contributed by atoms with Crippen LogP contribution in [-0.2, 0) is 4.74 Å². The normalized spacial score (nSPS) is 29.1. The van der Waals surface area contributed by atoms with E-state index in [0.29, 0.717) is 18.6 Å². The van der Waals surface area contributed by atoms with Crippen LogP contribution in [0.5, 0.6) is 0 Å². The number of hydrogen-bond donors (Lipinski definition) is 0. The van der Waals surface area contributed by atoms with Gasteiger partial charge in [0.25, 0.3) is 0 Å². The van der Waals surface area contributed by atoms with Crippen molar-refractivity contribution in [3.8, 4) is 0 Å². The van der Waals surface area contributed by atoms with Gasteiger partial charge in [-0.05, 0) is 26.2 Å². The predicted molar refractivity (Wildman–Crippen MR) is 47.0 cm³/mol. The minimum atomic E-state index is -0.158. The molecular weight excluding hydrogens is 154 g/mol. The molecule has 1 amide bonds. The highest BCUT2D eigenvalue weighted by Gasteiger charge is 2.30. The predicted octanol–water partition coefficient (Wildman–Crippen LogP) is 1.87. The van der Waals surface area contributed by atoms with E-state index in [0.717, 1.165) is 13.0 Å². The third-order valence-corrected chi connectivity index (χ3v) is 2.29. The Morgan fingerprint density at radius 3 is 2.67 bits per heavy atom. The van der Waals surface area contributed by atoms with Gasteiger partial charge in [-0.3, -0.25) is 0 Å². The second-order valence-electron chi connectivity index (χ2n) is 3.54. The summed E-state index contributed by atoms with van der Waals surface area (Å²) in [4.78, 5) is 13.1. The van der Waals surface area contributed by atoms with Crippen LogP contribution in [0.15, 0.2) is 0 Å². The molecule has 1 rings (SSSR count). The van der Waals surface area contributed by atoms with Gasteiger partial charge in [0.15, 0.2) is 0 Å². The fourth-order valence-electron chi connectivity index (χ4n) is 1.76. The molecule has 0 saturated carbocycles. The number of likely N-dealkylation sites (tertiary alicyclic amines) is 1. The summed E-state index contributed by atoms with van der Waals surface area (Å²) in [5.41, 5.74) is 0. The zero-order valence-electron chi connectivity index (χ0n) is 8.04. The lowest BCUT2D eigenvalue weighted by molar-refractivity contribution is 0.104. The first-order valence-electron chi connectivity index (χ1n) is 4.58. The summed E-state index contributed by atoms with van der Waals surface area (Å²) in [5.74, 6) is 0.615. The summed E-state index contributed by atoms with van der Waals surface area (Å²) >= 11 is 0. The van der Waals surface area contributed by atoms with Crippen molar-refractivity contribution < 1.29 is 9.53 Å². The van der Waals surface area contributed by atoms with E-state index in [1.807, 2.05) is 11.8 Å². The molecule has 3 nitrogen and oxygen atoms in total. The molecule has 1 saturated heterocycles. The van der Waals surface area contributed by atoms with Gasteiger partial charge in [0.1, 0.15) is 0 Å². The van der Waals surface area contributed by atoms with Crippen LogP contribution in [0.1, 0.15) is 27.2 Å². The largest absolute Gasteiger partial charge is 0.450 e. The molecule has 1 aliphatic rings. The maximum absolute atomic E-state index is 11.3. The van der Waals surface area contributed by atoms with E-state index in [4.69, 9.17) is 4.74 Å². The summed E-state index contributed by atoms with van der Waals surface area (Å²) in [5, 5.41) is 0. The molecule has 1 aliphatic heterocycles. The average Bonchev–Trinajstić information content (AvgIpc) is 2.30. The average molecular weight is 171 g/mol. The van der Waals surface area contributed by atoms with Gasteiger partial charge >= 0.3 is 6.09 Å². The Bertz CT molecular complexity index is 170. The Morgan fingerprint density at radius 2 is 2.25 bits per heavy atom. The highest BCUT2D eigenvalue weighted by atomic mass is 16.6. The summed E-state index contributed by atoms with van der Waals surface area (Å²) in [6, 6.07) is 0.346. The van der Waals surface area contributed by atoms with E-state index in [1.165, 1.54) is 0 Å². The Balaban J connectivity index is 2.46. The van der Waals surface area contributed by atoms with E-state index >= 15 is 0 Å². The Labute approximate surface area is 73.7 Å². The third kappa shape index (κ3) is 1.90. The summed E-state index contributed by atoms with van der Waals surface area (Å²) in [6.45, 7) is 7.38. The first-order valence-corrected chi connectivity index (χ1v) is 4.58. The van der Waals surface area contributed by atoms with Gasteiger partial charge in [-0.1, -0.05) is 6.92 Å². The maximum atomic E-state index is 11.3. The lowest BCUT2D eigenvalue weighted by atomic mass is 10.1. The molecule has 1 fully saturated rings. The zero-order valence-corrected chi connectivity index (χ0v) is 8.04. The molecule has 12 heavy (non-hydrogen) atoms. The number of hydrogen-bond acceptors (Lipinski definition) is 2. The highest BCUT2D eigenvalue weighted by molar-refractivity contribution is 5.68. The van der Waals surface area contributed by atoms with E-state index in [2.05, 4.69) is 13.8 Å². The van der Waals surface area contributed by atoms with Crippen LogP contribution in [-0.4, -0.2) is 30.2 Å². The van der Waals surface area contributed by atoms with Crippen LogP contribution in [0.2, 0.25) is 0 Å². The number of carbonyl (C=O) groups excluding carboxylic acids is 1. The van der Waals surface area contributed by atoms with Crippen molar-refractivity contribution in [2.24, 2.45) is 5.92 Å². The van der Waals surface area contributed by atoms with E-state index in [1.54, 1.807) is 0 Å². The molecule has 0 bridgehead atoms. The fourth-order valence-corrected chi connectivity index (χ4v) is 1.76. The molecule has 0 spiro atoms. The Morgan fingerprint density at radius 1 is 1.58 bits per heavy atom. The Hall–Kier alpha value is -0.730. The fraction of sp³-hybridized carbons (Fsp3) is 0.889. The zero-order chi connectivity index (χ0) is 9.14. The third-order valence-electron chi connectivity index (χ3n) is 2.29. The number of nitrogens with zero attached hydrogens (tertiary/aromatic N) is 1. The van der Waals surface area contributed by atoms with Crippen molar-refractivity contribution in [3.63, 3.8) is 0 Å². The topological polar surface area (TPSA) is 29.5 Å². The van der Waals surface area contributed by atoms with Crippen molar-refractivity contribution in [2.45, 2.75) is 33.2 Å². The molecule has 0 aliphatic carbocycles. The van der Waals surface area contributed by atoms with Crippen molar-refractivity contribution in [1.29, 1.82) is 0 Å². The molecule has 0 aromatic rings. The van der Waals surface area contributed by atoms with Crippen molar-refractivity contribution in [1.82, 2.24) is 4.90 Å². The van der Waals surface area contributed by atoms with Gasteiger partial charge in [0.05, 0.1) is 6.61 Å². The van der Waals surface area contributed by atoms with Gasteiger partial charge in [0.2, 0.25) is 0 Å². The first kappa shape index (κ1) is 9.36. The van der Waals surface area contributed by atoms with Crippen LogP contribution < -0.4 is 0 Å². The monoisotopic (exact) mass is 171 g/mol. The summed E-state index contributed by atoms with van der Waals surface area (Å²) in [6.07, 6.45) is 0.938. The highest BCUT2D eigenvalue weighted by Crippen LogP contribution is 2.22. The molecule has 0 aromatic carbocycles. The minimum Gasteiger partial charge on any atom is -0.450 e. The van der Waals surface area contributed by atoms with Crippen molar-refractivity contribution >= 4 is 6.09 Å². The van der Waals surface area contributed by atoms with Crippen LogP contribution in [0.25, 0.3) is 0 Å². The number of carbonyl (C=O) groups is 1. The van der Waals surface area contributed by atoms with Gasteiger partial charge in [-0.2, -0.15) is 0 Å². The van der Waals surface area contributed by atoms with Gasteiger partial charge in [-0.15, -0.1) is 0 Å². The van der Waals surface area contributed by atoms with Crippen molar-refractivity contribution in [2.75, 3.05) is 13.2 Å². The van der Waals surface area contributed by atoms with Gasteiger partial charge in [-0.25, -0.2) is 4.79 Å². The van der Waals surface area contributed by atoms with Gasteiger partial charge < -0.3 is 9.64 Å². The smallest absolute Gasteiger partial charge is 0.409 e. The molecule has 0 aromatic heterocycles. The SMILES string of the molecule is CCOC(=O)N1CC(C)CC1C. The summed E-state index contributed by atoms with van der Waals surface area (Å²) in [7, 11) is 0. The Kier molecular flexibility index (Phi) is 2.95. The second-order valence-corrected chi connectivity index (χ2v) is 3.54. The quantitative estimate of drug-likeness (QED) is 0.602. The summed E-state index contributed by atoms with van der Waals surface area (Å²) < 4.78 is 4.93. The first-order chi connectivity index (χ1) is 5.65. The lowest BCUT2D eigenvalue weighted by Crippen LogP contribution is -2.34. The molecule has 2 unspecified atom stereocenters. The molecule has 1 heterocycles. The second kappa shape index (κ2) is 3.78. The van der Waals surface area contributed by atoms with E-state index in [9.17, 15) is 4.79 Å². The molecule has 0 radical (unpaired) electrons. The molecule has 0 N–H and O–H groups in total. The molecular formula is C9H17NO2.